The summed E-state index contributed by atoms with van der Waals surface area (Å²) in [6, 6.07) is 0. The highest BCUT2D eigenvalue weighted by atomic mass is 16.7. The average molecular weight is 318 g/mol. The van der Waals surface area contributed by atoms with Crippen molar-refractivity contribution in [2.45, 2.75) is 104 Å². The fraction of sp³-hybridized carbons (Fsp3) is 1.00. The molecule has 0 aromatic rings. The van der Waals surface area contributed by atoms with Gasteiger partial charge in [-0.25, -0.2) is 0 Å². The molecule has 1 saturated heterocycles. The van der Waals surface area contributed by atoms with E-state index in [0.717, 1.165) is 0 Å². The molecule has 0 aromatic carbocycles. The lowest BCUT2D eigenvalue weighted by molar-refractivity contribution is -0.205. The maximum absolute atomic E-state index is 6.07. The second-order valence-corrected chi connectivity index (χ2v) is 6.91. The largest absolute Gasteiger partial charge is 0.376 e. The van der Waals surface area contributed by atoms with Crippen molar-refractivity contribution < 1.29 is 23.7 Å². The predicted octanol–water partition coefficient (Wildman–Crippen LogP) is 3.15. The fourth-order valence-corrected chi connectivity index (χ4v) is 2.43. The Morgan fingerprint density at radius 1 is 0.682 bits per heavy atom. The van der Waals surface area contributed by atoms with Crippen LogP contribution in [0.2, 0.25) is 0 Å². The van der Waals surface area contributed by atoms with Gasteiger partial charge >= 0.3 is 0 Å². The van der Waals surface area contributed by atoms with Gasteiger partial charge in [0, 0.05) is 0 Å². The van der Waals surface area contributed by atoms with Crippen LogP contribution >= 0.6 is 0 Å². The number of ether oxygens (including phenoxy) is 5. The van der Waals surface area contributed by atoms with E-state index in [1.807, 2.05) is 55.4 Å². The lowest BCUT2D eigenvalue weighted by Crippen LogP contribution is -2.42. The zero-order valence-electron chi connectivity index (χ0n) is 15.4. The summed E-state index contributed by atoms with van der Waals surface area (Å²) in [4.78, 5) is 0. The third-order valence-corrected chi connectivity index (χ3v) is 3.13. The number of rotatable bonds is 9. The van der Waals surface area contributed by atoms with Crippen LogP contribution in [-0.4, -0.2) is 55.6 Å². The normalized spacial score (nSPS) is 29.5. The topological polar surface area (TPSA) is 46.2 Å². The summed E-state index contributed by atoms with van der Waals surface area (Å²) in [6.07, 6.45) is -0.661. The molecule has 132 valence electrons. The molecule has 0 saturated carbocycles. The molecule has 1 fully saturated rings. The molecule has 22 heavy (non-hydrogen) atoms. The molecule has 5 heteroatoms. The smallest absolute Gasteiger partial charge is 0.187 e. The Morgan fingerprint density at radius 2 is 1.18 bits per heavy atom. The maximum atomic E-state index is 6.07. The van der Waals surface area contributed by atoms with E-state index in [1.165, 1.54) is 0 Å². The first kappa shape index (κ1) is 19.8. The Hall–Kier alpha value is -0.200. The first-order valence-corrected chi connectivity index (χ1v) is 8.44. The van der Waals surface area contributed by atoms with E-state index in [2.05, 4.69) is 0 Å². The van der Waals surface area contributed by atoms with Gasteiger partial charge in [-0.2, -0.15) is 0 Å². The molecule has 4 atom stereocenters. The monoisotopic (exact) mass is 318 g/mol. The van der Waals surface area contributed by atoms with Crippen LogP contribution in [0.3, 0.4) is 0 Å². The van der Waals surface area contributed by atoms with Crippen LogP contribution < -0.4 is 0 Å². The summed E-state index contributed by atoms with van der Waals surface area (Å²) < 4.78 is 29.8. The maximum Gasteiger partial charge on any atom is 0.187 e. The van der Waals surface area contributed by atoms with Gasteiger partial charge in [-0.15, -0.1) is 0 Å². The third-order valence-electron chi connectivity index (χ3n) is 3.13. The van der Waals surface area contributed by atoms with Crippen LogP contribution in [-0.2, 0) is 23.7 Å². The van der Waals surface area contributed by atoms with Crippen molar-refractivity contribution in [2.24, 2.45) is 0 Å². The summed E-state index contributed by atoms with van der Waals surface area (Å²) in [5.41, 5.74) is 0. The number of hydrogen-bond acceptors (Lipinski definition) is 5. The Balaban J connectivity index is 2.85. The van der Waals surface area contributed by atoms with Crippen molar-refractivity contribution in [3.05, 3.63) is 0 Å². The van der Waals surface area contributed by atoms with Crippen molar-refractivity contribution in [3.63, 3.8) is 0 Å². The first-order valence-electron chi connectivity index (χ1n) is 8.44. The Morgan fingerprint density at radius 3 is 1.64 bits per heavy atom. The van der Waals surface area contributed by atoms with Crippen molar-refractivity contribution in [1.29, 1.82) is 0 Å². The lowest BCUT2D eigenvalue weighted by Gasteiger charge is -2.28. The fourth-order valence-electron chi connectivity index (χ4n) is 2.43. The molecular formula is C17H34O5. The van der Waals surface area contributed by atoms with Crippen LogP contribution in [0.15, 0.2) is 0 Å². The van der Waals surface area contributed by atoms with Crippen molar-refractivity contribution >= 4 is 0 Å². The highest BCUT2D eigenvalue weighted by Crippen LogP contribution is 2.30. The first-order chi connectivity index (χ1) is 10.2. The zero-order chi connectivity index (χ0) is 16.9. The van der Waals surface area contributed by atoms with Crippen LogP contribution in [0.4, 0.5) is 0 Å². The summed E-state index contributed by atoms with van der Waals surface area (Å²) in [7, 11) is 0. The van der Waals surface area contributed by atoms with Gasteiger partial charge in [-0.1, -0.05) is 0 Å². The van der Waals surface area contributed by atoms with Crippen LogP contribution in [0.5, 0.6) is 0 Å². The number of hydrogen-bond donors (Lipinski definition) is 0. The van der Waals surface area contributed by atoms with Crippen molar-refractivity contribution in [3.8, 4) is 0 Å². The Kier molecular flexibility index (Phi) is 8.28. The molecule has 0 radical (unpaired) electrons. The molecule has 0 spiro atoms. The van der Waals surface area contributed by atoms with Crippen LogP contribution in [0.1, 0.15) is 55.4 Å². The molecular weight excluding hydrogens is 284 g/mol. The molecule has 1 aliphatic heterocycles. The van der Waals surface area contributed by atoms with Gasteiger partial charge in [0.15, 0.2) is 6.29 Å². The van der Waals surface area contributed by atoms with Gasteiger partial charge < -0.3 is 23.7 Å². The van der Waals surface area contributed by atoms with Gasteiger partial charge in [-0.05, 0) is 55.4 Å². The highest BCUT2D eigenvalue weighted by Gasteiger charge is 2.48. The summed E-state index contributed by atoms with van der Waals surface area (Å²) in [6.45, 7) is 16.5. The second kappa shape index (κ2) is 9.18. The molecule has 0 aromatic heterocycles. The van der Waals surface area contributed by atoms with Crippen LogP contribution in [0, 0.1) is 0 Å². The van der Waals surface area contributed by atoms with Crippen LogP contribution in [0.25, 0.3) is 0 Å². The third kappa shape index (κ3) is 6.50. The quantitative estimate of drug-likeness (QED) is 0.653. The lowest BCUT2D eigenvalue weighted by atomic mass is 10.1. The molecule has 1 aliphatic rings. The van der Waals surface area contributed by atoms with E-state index >= 15 is 0 Å². The zero-order valence-corrected chi connectivity index (χ0v) is 15.4. The van der Waals surface area contributed by atoms with E-state index in [1.54, 1.807) is 0 Å². The molecule has 5 nitrogen and oxygen atoms in total. The summed E-state index contributed by atoms with van der Waals surface area (Å²) in [5.74, 6) is 0. The minimum absolute atomic E-state index is 0.0627. The van der Waals surface area contributed by atoms with Gasteiger partial charge in [0.25, 0.3) is 0 Å². The molecule has 4 unspecified atom stereocenters. The SMILES string of the molecule is CC(C)OCC1OC(OC(C)C)C(OC(C)C)C1OC(C)C. The Labute approximate surface area is 135 Å². The predicted molar refractivity (Wildman–Crippen MR) is 86.0 cm³/mol. The Bertz CT molecular complexity index is 303. The van der Waals surface area contributed by atoms with Crippen molar-refractivity contribution in [1.82, 2.24) is 0 Å². The van der Waals surface area contributed by atoms with E-state index in [-0.39, 0.29) is 42.7 Å². The summed E-state index contributed by atoms with van der Waals surface area (Å²) >= 11 is 0. The molecule has 1 heterocycles. The minimum atomic E-state index is -0.424. The molecule has 1 rings (SSSR count). The molecule has 0 amide bonds. The molecule has 0 aliphatic carbocycles. The highest BCUT2D eigenvalue weighted by molar-refractivity contribution is 4.90. The summed E-state index contributed by atoms with van der Waals surface area (Å²) in [5, 5.41) is 0. The minimum Gasteiger partial charge on any atom is -0.376 e. The van der Waals surface area contributed by atoms with Gasteiger partial charge in [-0.3, -0.25) is 0 Å². The van der Waals surface area contributed by atoms with Crippen molar-refractivity contribution in [2.75, 3.05) is 6.61 Å². The standard InChI is InChI=1S/C17H34O5/c1-10(2)18-9-14-15(19-11(3)4)16(20-12(5)6)17(22-14)21-13(7)8/h10-17H,9H2,1-8H3. The van der Waals surface area contributed by atoms with Gasteiger partial charge in [0.05, 0.1) is 31.0 Å². The molecule has 0 bridgehead atoms. The van der Waals surface area contributed by atoms with E-state index in [9.17, 15) is 0 Å². The molecule has 0 N–H and O–H groups in total. The van der Waals surface area contributed by atoms with Gasteiger partial charge in [0.1, 0.15) is 18.3 Å². The van der Waals surface area contributed by atoms with Gasteiger partial charge in [0.2, 0.25) is 0 Å². The van der Waals surface area contributed by atoms with E-state index < -0.39 is 6.29 Å². The van der Waals surface area contributed by atoms with E-state index in [0.29, 0.717) is 6.61 Å². The van der Waals surface area contributed by atoms with E-state index in [4.69, 9.17) is 23.7 Å². The second-order valence-electron chi connectivity index (χ2n) is 6.91. The average Bonchev–Trinajstić information content (AvgIpc) is 2.63.